The predicted molar refractivity (Wildman–Crippen MR) is 94.5 cm³/mol. The highest BCUT2D eigenvalue weighted by Crippen LogP contribution is 2.20. The van der Waals surface area contributed by atoms with Crippen molar-refractivity contribution in [2.75, 3.05) is 13.1 Å². The van der Waals surface area contributed by atoms with E-state index in [0.29, 0.717) is 17.5 Å². The van der Waals surface area contributed by atoms with Gasteiger partial charge >= 0.3 is 0 Å². The lowest BCUT2D eigenvalue weighted by Crippen LogP contribution is -2.54. The molecule has 0 radical (unpaired) electrons. The zero-order valence-electron chi connectivity index (χ0n) is 13.6. The second kappa shape index (κ2) is 6.53. The number of aromatic nitrogens is 2. The van der Waals surface area contributed by atoms with Gasteiger partial charge < -0.3 is 10.2 Å². The Morgan fingerprint density at radius 1 is 1.21 bits per heavy atom. The number of halogens is 1. The van der Waals surface area contributed by atoms with E-state index in [-0.39, 0.29) is 30.4 Å². The number of hydrogen-bond acceptors (Lipinski definition) is 4. The van der Waals surface area contributed by atoms with Crippen LogP contribution >= 0.6 is 12.4 Å². The van der Waals surface area contributed by atoms with Gasteiger partial charge in [-0.3, -0.25) is 9.59 Å². The van der Waals surface area contributed by atoms with Crippen molar-refractivity contribution in [3.63, 3.8) is 0 Å². The van der Waals surface area contributed by atoms with Crippen LogP contribution in [0.5, 0.6) is 0 Å². The number of nitrogens with one attached hydrogen (secondary N) is 1. The van der Waals surface area contributed by atoms with Crippen LogP contribution in [-0.4, -0.2) is 45.8 Å². The highest BCUT2D eigenvalue weighted by atomic mass is 35.5. The molecule has 2 aliphatic rings. The number of carbonyl (C=O) groups excluding carboxylic acids is 1. The van der Waals surface area contributed by atoms with Gasteiger partial charge in [0.15, 0.2) is 0 Å². The second-order valence-electron chi connectivity index (χ2n) is 6.53. The van der Waals surface area contributed by atoms with E-state index >= 15 is 0 Å². The fraction of sp³-hybridized carbons (Fsp3) is 0.471. The average Bonchev–Trinajstić information content (AvgIpc) is 2.90. The molecule has 2 atom stereocenters. The van der Waals surface area contributed by atoms with E-state index in [9.17, 15) is 9.59 Å². The predicted octanol–water partition coefficient (Wildman–Crippen LogP) is 1.09. The molecule has 128 valence electrons. The molecule has 24 heavy (non-hydrogen) atoms. The lowest BCUT2D eigenvalue weighted by atomic mass is 10.1. The van der Waals surface area contributed by atoms with Crippen LogP contribution in [-0.2, 0) is 11.3 Å². The number of rotatable bonds is 2. The lowest BCUT2D eigenvalue weighted by Gasteiger charge is -2.32. The Balaban J connectivity index is 0.00000169. The maximum absolute atomic E-state index is 12.6. The van der Waals surface area contributed by atoms with Gasteiger partial charge in [0.05, 0.1) is 11.1 Å². The summed E-state index contributed by atoms with van der Waals surface area (Å²) in [4.78, 5) is 27.0. The molecule has 1 aromatic heterocycles. The monoisotopic (exact) mass is 348 g/mol. The van der Waals surface area contributed by atoms with E-state index in [1.54, 1.807) is 6.07 Å². The minimum absolute atomic E-state index is 0. The van der Waals surface area contributed by atoms with Crippen LogP contribution in [0.2, 0.25) is 0 Å². The lowest BCUT2D eigenvalue weighted by molar-refractivity contribution is -0.133. The molecule has 1 N–H and O–H groups in total. The summed E-state index contributed by atoms with van der Waals surface area (Å²) in [6, 6.07) is 8.21. The normalized spacial score (nSPS) is 22.5. The third kappa shape index (κ3) is 2.91. The molecular weight excluding hydrogens is 328 g/mol. The first-order chi connectivity index (χ1) is 11.1. The summed E-state index contributed by atoms with van der Waals surface area (Å²) in [5, 5.41) is 9.30. The maximum atomic E-state index is 12.6. The molecule has 0 saturated carbocycles. The summed E-state index contributed by atoms with van der Waals surface area (Å²) in [5.41, 5.74) is 0.575. The SMILES string of the molecule is Cc1nn(CC(=O)N2C[C@H]3CC[C@@H](C2)N3)c(=O)c2ccccc12.Cl. The van der Waals surface area contributed by atoms with Crippen LogP contribution in [0.25, 0.3) is 10.8 Å². The van der Waals surface area contributed by atoms with Crippen molar-refractivity contribution in [3.8, 4) is 0 Å². The van der Waals surface area contributed by atoms with Gasteiger partial charge in [0.2, 0.25) is 5.91 Å². The highest BCUT2D eigenvalue weighted by Gasteiger charge is 2.34. The van der Waals surface area contributed by atoms with E-state index in [4.69, 9.17) is 0 Å². The molecule has 1 aromatic carbocycles. The van der Waals surface area contributed by atoms with Crippen LogP contribution in [0.1, 0.15) is 18.5 Å². The van der Waals surface area contributed by atoms with Crippen molar-refractivity contribution in [2.45, 2.75) is 38.4 Å². The Morgan fingerprint density at radius 2 is 1.83 bits per heavy atom. The zero-order chi connectivity index (χ0) is 16.0. The van der Waals surface area contributed by atoms with Gasteiger partial charge in [0, 0.05) is 30.6 Å². The summed E-state index contributed by atoms with van der Waals surface area (Å²) >= 11 is 0. The van der Waals surface area contributed by atoms with Crippen LogP contribution in [0.4, 0.5) is 0 Å². The molecule has 2 bridgehead atoms. The molecule has 2 aliphatic heterocycles. The van der Waals surface area contributed by atoms with Gasteiger partial charge in [-0.05, 0) is 25.8 Å². The van der Waals surface area contributed by atoms with Gasteiger partial charge in [-0.1, -0.05) is 18.2 Å². The number of benzene rings is 1. The average molecular weight is 349 g/mol. The first-order valence-electron chi connectivity index (χ1n) is 8.12. The van der Waals surface area contributed by atoms with E-state index in [1.807, 2.05) is 30.0 Å². The molecule has 0 aliphatic carbocycles. The molecule has 2 aromatic rings. The van der Waals surface area contributed by atoms with Crippen molar-refractivity contribution >= 4 is 29.1 Å². The molecular formula is C17H21ClN4O2. The number of likely N-dealkylation sites (tertiary alicyclic amines) is 1. The minimum atomic E-state index is -0.197. The number of nitrogens with zero attached hydrogens (tertiary/aromatic N) is 3. The van der Waals surface area contributed by atoms with Crippen molar-refractivity contribution in [3.05, 3.63) is 40.3 Å². The number of fused-ring (bicyclic) bond motifs is 3. The molecule has 0 spiro atoms. The van der Waals surface area contributed by atoms with Gasteiger partial charge in [0.1, 0.15) is 6.54 Å². The summed E-state index contributed by atoms with van der Waals surface area (Å²) in [6.45, 7) is 3.35. The van der Waals surface area contributed by atoms with E-state index in [2.05, 4.69) is 10.4 Å². The van der Waals surface area contributed by atoms with Gasteiger partial charge in [-0.25, -0.2) is 4.68 Å². The summed E-state index contributed by atoms with van der Waals surface area (Å²) in [5.74, 6) is -0.0207. The van der Waals surface area contributed by atoms with Crippen LogP contribution in [0.3, 0.4) is 0 Å². The molecule has 2 fully saturated rings. The Hall–Kier alpha value is -1.92. The largest absolute Gasteiger partial charge is 0.338 e. The summed E-state index contributed by atoms with van der Waals surface area (Å²) < 4.78 is 1.31. The quantitative estimate of drug-likeness (QED) is 0.882. The van der Waals surface area contributed by atoms with Crippen LogP contribution in [0.15, 0.2) is 29.1 Å². The zero-order valence-corrected chi connectivity index (χ0v) is 14.4. The maximum Gasteiger partial charge on any atom is 0.275 e. The van der Waals surface area contributed by atoms with Crippen LogP contribution < -0.4 is 10.9 Å². The van der Waals surface area contributed by atoms with E-state index < -0.39 is 0 Å². The first kappa shape index (κ1) is 16.9. The third-order valence-electron chi connectivity index (χ3n) is 4.91. The number of amides is 1. The molecule has 0 unspecified atom stereocenters. The van der Waals surface area contributed by atoms with Gasteiger partial charge in [-0.2, -0.15) is 5.10 Å². The summed E-state index contributed by atoms with van der Waals surface area (Å²) in [6.07, 6.45) is 2.25. The second-order valence-corrected chi connectivity index (χ2v) is 6.53. The van der Waals surface area contributed by atoms with Crippen LogP contribution in [0, 0.1) is 6.92 Å². The van der Waals surface area contributed by atoms with Crippen molar-refractivity contribution in [2.24, 2.45) is 0 Å². The summed E-state index contributed by atoms with van der Waals surface area (Å²) in [7, 11) is 0. The smallest absolute Gasteiger partial charge is 0.275 e. The number of aryl methyl sites for hydroxylation is 1. The van der Waals surface area contributed by atoms with E-state index in [0.717, 1.165) is 37.0 Å². The topological polar surface area (TPSA) is 67.2 Å². The molecule has 7 heteroatoms. The first-order valence-corrected chi connectivity index (χ1v) is 8.12. The molecule has 2 saturated heterocycles. The minimum Gasteiger partial charge on any atom is -0.338 e. The van der Waals surface area contributed by atoms with Crippen molar-refractivity contribution in [1.82, 2.24) is 20.0 Å². The molecule has 3 heterocycles. The number of piperazine rings is 1. The molecule has 6 nitrogen and oxygen atoms in total. The highest BCUT2D eigenvalue weighted by molar-refractivity contribution is 5.85. The Kier molecular flexibility index (Phi) is 4.60. The van der Waals surface area contributed by atoms with Crippen molar-refractivity contribution < 1.29 is 4.79 Å². The number of hydrogen-bond donors (Lipinski definition) is 1. The fourth-order valence-electron chi connectivity index (χ4n) is 3.74. The van der Waals surface area contributed by atoms with Gasteiger partial charge in [0.25, 0.3) is 5.56 Å². The Morgan fingerprint density at radius 3 is 2.50 bits per heavy atom. The third-order valence-corrected chi connectivity index (χ3v) is 4.91. The Bertz CT molecular complexity index is 823. The van der Waals surface area contributed by atoms with Gasteiger partial charge in [-0.15, -0.1) is 12.4 Å². The molecule has 1 amide bonds. The van der Waals surface area contributed by atoms with Crippen molar-refractivity contribution in [1.29, 1.82) is 0 Å². The Labute approximate surface area is 146 Å². The fourth-order valence-corrected chi connectivity index (χ4v) is 3.74. The standard InChI is InChI=1S/C17H20N4O2.ClH/c1-11-14-4-2-3-5-15(14)17(23)21(19-11)10-16(22)20-8-12-6-7-13(9-20)18-12;/h2-5,12-13,18H,6-10H2,1H3;1H/t12-,13+;. The molecule has 4 rings (SSSR count). The van der Waals surface area contributed by atoms with E-state index in [1.165, 1.54) is 4.68 Å². The number of carbonyl (C=O) groups is 1.